The Morgan fingerprint density at radius 3 is 2.80 bits per heavy atom. The molecule has 0 saturated heterocycles. The van der Waals surface area contributed by atoms with Gasteiger partial charge in [-0.15, -0.1) is 0 Å². The third kappa shape index (κ3) is 3.58. The highest BCUT2D eigenvalue weighted by Crippen LogP contribution is 2.23. The van der Waals surface area contributed by atoms with Gasteiger partial charge in [0, 0.05) is 18.4 Å². The molecule has 0 aliphatic rings. The molecule has 2 N–H and O–H groups in total. The normalized spacial score (nSPS) is 12.3. The highest BCUT2D eigenvalue weighted by Gasteiger charge is 2.14. The van der Waals surface area contributed by atoms with E-state index in [4.69, 9.17) is 0 Å². The van der Waals surface area contributed by atoms with Crippen LogP contribution in [0.2, 0.25) is 0 Å². The number of likely N-dealkylation sites (N-methyl/N-ethyl adjacent to an activating group) is 1. The molecule has 0 aliphatic heterocycles. The van der Waals surface area contributed by atoms with Gasteiger partial charge in [0.05, 0.1) is 0 Å². The molecule has 20 heavy (non-hydrogen) atoms. The molecule has 1 heterocycles. The van der Waals surface area contributed by atoms with Crippen molar-refractivity contribution < 1.29 is 5.11 Å². The number of nitrogens with zero attached hydrogens (tertiary/aromatic N) is 1. The minimum Gasteiger partial charge on any atom is -0.508 e. The van der Waals surface area contributed by atoms with E-state index in [1.54, 1.807) is 6.07 Å². The molecule has 1 atom stereocenters. The van der Waals surface area contributed by atoms with E-state index in [9.17, 15) is 5.11 Å². The summed E-state index contributed by atoms with van der Waals surface area (Å²) in [6.45, 7) is 5.18. The number of phenols is 1. The standard InChI is InChI=1S/C17H22N2O/c1-3-14-12-18-9-8-16(14)17(19-4-2)11-13-6-5-7-15(20)10-13/h5-10,12,17,19-20H,3-4,11H2,1-2H3. The Hall–Kier alpha value is -1.87. The first-order chi connectivity index (χ1) is 9.74. The number of nitrogens with one attached hydrogen (secondary N) is 1. The van der Waals surface area contributed by atoms with Gasteiger partial charge in [-0.05, 0) is 54.3 Å². The highest BCUT2D eigenvalue weighted by atomic mass is 16.3. The van der Waals surface area contributed by atoms with E-state index in [1.807, 2.05) is 24.5 Å². The average Bonchev–Trinajstić information content (AvgIpc) is 2.47. The first-order valence-electron chi connectivity index (χ1n) is 7.18. The maximum Gasteiger partial charge on any atom is 0.115 e. The molecule has 3 nitrogen and oxygen atoms in total. The van der Waals surface area contributed by atoms with Crippen LogP contribution in [-0.2, 0) is 12.8 Å². The van der Waals surface area contributed by atoms with Gasteiger partial charge in [-0.1, -0.05) is 26.0 Å². The van der Waals surface area contributed by atoms with Crippen molar-refractivity contribution in [2.45, 2.75) is 32.7 Å². The molecule has 3 heteroatoms. The van der Waals surface area contributed by atoms with Crippen molar-refractivity contribution >= 4 is 0 Å². The van der Waals surface area contributed by atoms with Crippen LogP contribution in [0.4, 0.5) is 0 Å². The Balaban J connectivity index is 2.26. The predicted octanol–water partition coefficient (Wildman–Crippen LogP) is 3.24. The summed E-state index contributed by atoms with van der Waals surface area (Å²) >= 11 is 0. The van der Waals surface area contributed by atoms with Crippen molar-refractivity contribution in [1.82, 2.24) is 10.3 Å². The SMILES string of the molecule is CCNC(Cc1cccc(O)c1)c1ccncc1CC. The van der Waals surface area contributed by atoms with Gasteiger partial charge in [0.1, 0.15) is 5.75 Å². The Kier molecular flexibility index (Phi) is 5.13. The highest BCUT2D eigenvalue weighted by molar-refractivity contribution is 5.32. The second-order valence-corrected chi connectivity index (χ2v) is 4.91. The van der Waals surface area contributed by atoms with Crippen LogP contribution in [0.5, 0.6) is 5.75 Å². The van der Waals surface area contributed by atoms with Crippen LogP contribution in [-0.4, -0.2) is 16.6 Å². The molecule has 0 saturated carbocycles. The Morgan fingerprint density at radius 1 is 1.25 bits per heavy atom. The van der Waals surface area contributed by atoms with Crippen molar-refractivity contribution in [3.63, 3.8) is 0 Å². The average molecular weight is 270 g/mol. The molecule has 1 unspecified atom stereocenters. The van der Waals surface area contributed by atoms with Crippen LogP contribution in [0, 0.1) is 0 Å². The van der Waals surface area contributed by atoms with Crippen molar-refractivity contribution in [2.75, 3.05) is 6.54 Å². The molecule has 0 spiro atoms. The molecule has 0 fully saturated rings. The number of hydrogen-bond acceptors (Lipinski definition) is 3. The molecule has 1 aromatic heterocycles. The van der Waals surface area contributed by atoms with Crippen LogP contribution in [0.25, 0.3) is 0 Å². The van der Waals surface area contributed by atoms with Gasteiger partial charge in [0.2, 0.25) is 0 Å². The number of pyridine rings is 1. The van der Waals surface area contributed by atoms with Gasteiger partial charge in [0.15, 0.2) is 0 Å². The van der Waals surface area contributed by atoms with E-state index in [1.165, 1.54) is 11.1 Å². The summed E-state index contributed by atoms with van der Waals surface area (Å²) < 4.78 is 0. The number of aryl methyl sites for hydroxylation is 1. The summed E-state index contributed by atoms with van der Waals surface area (Å²) in [5.74, 6) is 0.322. The Morgan fingerprint density at radius 2 is 2.10 bits per heavy atom. The lowest BCUT2D eigenvalue weighted by molar-refractivity contribution is 0.473. The van der Waals surface area contributed by atoms with Gasteiger partial charge < -0.3 is 10.4 Å². The largest absolute Gasteiger partial charge is 0.508 e. The maximum atomic E-state index is 9.60. The monoisotopic (exact) mass is 270 g/mol. The first-order valence-corrected chi connectivity index (χ1v) is 7.18. The number of rotatable bonds is 6. The van der Waals surface area contributed by atoms with Crippen LogP contribution >= 0.6 is 0 Å². The van der Waals surface area contributed by atoms with Crippen LogP contribution in [0.3, 0.4) is 0 Å². The fourth-order valence-corrected chi connectivity index (χ4v) is 2.53. The molecule has 0 aliphatic carbocycles. The van der Waals surface area contributed by atoms with Crippen molar-refractivity contribution in [1.29, 1.82) is 0 Å². The Bertz CT molecular complexity index is 554. The van der Waals surface area contributed by atoms with E-state index in [0.717, 1.165) is 24.9 Å². The van der Waals surface area contributed by atoms with E-state index < -0.39 is 0 Å². The van der Waals surface area contributed by atoms with Crippen LogP contribution < -0.4 is 5.32 Å². The smallest absolute Gasteiger partial charge is 0.115 e. The molecular formula is C17H22N2O. The number of phenolic OH excluding ortho intramolecular Hbond substituents is 1. The number of aromatic hydroxyl groups is 1. The lowest BCUT2D eigenvalue weighted by Gasteiger charge is -2.21. The molecule has 0 bridgehead atoms. The molecule has 106 valence electrons. The van der Waals surface area contributed by atoms with Gasteiger partial charge in [-0.25, -0.2) is 0 Å². The number of hydrogen-bond donors (Lipinski definition) is 2. The number of aromatic nitrogens is 1. The van der Waals surface area contributed by atoms with Gasteiger partial charge in [-0.3, -0.25) is 4.98 Å². The fourth-order valence-electron chi connectivity index (χ4n) is 2.53. The topological polar surface area (TPSA) is 45.1 Å². The van der Waals surface area contributed by atoms with Crippen molar-refractivity contribution in [3.05, 3.63) is 59.4 Å². The summed E-state index contributed by atoms with van der Waals surface area (Å²) in [4.78, 5) is 4.21. The van der Waals surface area contributed by atoms with Crippen LogP contribution in [0.1, 0.15) is 36.6 Å². The molecule has 2 aromatic rings. The minimum absolute atomic E-state index is 0.250. The van der Waals surface area contributed by atoms with Crippen molar-refractivity contribution in [2.24, 2.45) is 0 Å². The van der Waals surface area contributed by atoms with Gasteiger partial charge in [-0.2, -0.15) is 0 Å². The van der Waals surface area contributed by atoms with Crippen LogP contribution in [0.15, 0.2) is 42.7 Å². The summed E-state index contributed by atoms with van der Waals surface area (Å²) in [6, 6.07) is 9.82. The molecule has 1 aromatic carbocycles. The van der Waals surface area contributed by atoms with Gasteiger partial charge >= 0.3 is 0 Å². The maximum absolute atomic E-state index is 9.60. The number of benzene rings is 1. The molecule has 2 rings (SSSR count). The third-order valence-electron chi connectivity index (χ3n) is 3.50. The molecule has 0 amide bonds. The van der Waals surface area contributed by atoms with E-state index in [-0.39, 0.29) is 6.04 Å². The summed E-state index contributed by atoms with van der Waals surface area (Å²) in [7, 11) is 0. The van der Waals surface area contributed by atoms with Gasteiger partial charge in [0.25, 0.3) is 0 Å². The lowest BCUT2D eigenvalue weighted by Crippen LogP contribution is -2.24. The van der Waals surface area contributed by atoms with E-state index in [2.05, 4.69) is 36.3 Å². The zero-order chi connectivity index (χ0) is 14.4. The lowest BCUT2D eigenvalue weighted by atomic mass is 9.95. The third-order valence-corrected chi connectivity index (χ3v) is 3.50. The fraction of sp³-hybridized carbons (Fsp3) is 0.353. The summed E-state index contributed by atoms with van der Waals surface area (Å²) in [6.07, 6.45) is 5.63. The first kappa shape index (κ1) is 14.5. The second-order valence-electron chi connectivity index (χ2n) is 4.91. The van der Waals surface area contributed by atoms with E-state index >= 15 is 0 Å². The minimum atomic E-state index is 0.250. The van der Waals surface area contributed by atoms with E-state index in [0.29, 0.717) is 5.75 Å². The molecule has 0 radical (unpaired) electrons. The zero-order valence-electron chi connectivity index (χ0n) is 12.1. The zero-order valence-corrected chi connectivity index (χ0v) is 12.1. The van der Waals surface area contributed by atoms with Crippen molar-refractivity contribution in [3.8, 4) is 5.75 Å². The summed E-state index contributed by atoms with van der Waals surface area (Å²) in [5.41, 5.74) is 3.71. The Labute approximate surface area is 120 Å². The quantitative estimate of drug-likeness (QED) is 0.847. The summed E-state index contributed by atoms with van der Waals surface area (Å²) in [5, 5.41) is 13.1. The second kappa shape index (κ2) is 7.06. The molecular weight excluding hydrogens is 248 g/mol. The predicted molar refractivity (Wildman–Crippen MR) is 81.8 cm³/mol.